The van der Waals surface area contributed by atoms with Gasteiger partial charge < -0.3 is 5.32 Å². The van der Waals surface area contributed by atoms with Crippen LogP contribution in [0, 0.1) is 12.8 Å². The zero-order valence-electron chi connectivity index (χ0n) is 11.9. The van der Waals surface area contributed by atoms with Crippen molar-refractivity contribution in [3.05, 3.63) is 35.4 Å². The summed E-state index contributed by atoms with van der Waals surface area (Å²) in [5, 5.41) is 3.72. The van der Waals surface area contributed by atoms with Crippen LogP contribution < -0.4 is 5.32 Å². The van der Waals surface area contributed by atoms with E-state index in [0.717, 1.165) is 12.3 Å². The molecule has 0 bridgehead atoms. The molecule has 100 valence electrons. The van der Waals surface area contributed by atoms with Gasteiger partial charge in [-0.3, -0.25) is 0 Å². The van der Waals surface area contributed by atoms with Crippen molar-refractivity contribution < 1.29 is 0 Å². The molecule has 1 aliphatic rings. The Hall–Kier alpha value is -0.820. The molecule has 2 rings (SSSR count). The first-order chi connectivity index (χ1) is 8.74. The molecule has 0 spiro atoms. The third-order valence-electron chi connectivity index (χ3n) is 4.14. The van der Waals surface area contributed by atoms with Crippen molar-refractivity contribution in [2.75, 3.05) is 6.54 Å². The van der Waals surface area contributed by atoms with Gasteiger partial charge in [0.15, 0.2) is 0 Å². The zero-order chi connectivity index (χ0) is 12.8. The lowest BCUT2D eigenvalue weighted by Gasteiger charge is -2.24. The largest absolute Gasteiger partial charge is 0.314 e. The van der Waals surface area contributed by atoms with Crippen LogP contribution in [0.4, 0.5) is 0 Å². The minimum atomic E-state index is 0.592. The summed E-state index contributed by atoms with van der Waals surface area (Å²) >= 11 is 0. The summed E-state index contributed by atoms with van der Waals surface area (Å²) in [6.07, 6.45) is 8.36. The summed E-state index contributed by atoms with van der Waals surface area (Å²) in [4.78, 5) is 0. The molecule has 18 heavy (non-hydrogen) atoms. The standard InChI is InChI=1S/C17H27N/c1-14-8-10-16(11-9-14)12-15(2)18-13-17-6-4-3-5-7-17/h8-11,15,17-18H,3-7,12-13H2,1-2H3. The minimum Gasteiger partial charge on any atom is -0.314 e. The second kappa shape index (κ2) is 6.94. The van der Waals surface area contributed by atoms with Crippen LogP contribution in [0.15, 0.2) is 24.3 Å². The first-order valence-corrected chi connectivity index (χ1v) is 7.53. The molecule has 0 aromatic heterocycles. The Kier molecular flexibility index (Phi) is 5.25. The van der Waals surface area contributed by atoms with Gasteiger partial charge in [-0.05, 0) is 51.1 Å². The van der Waals surface area contributed by atoms with Crippen molar-refractivity contribution in [1.29, 1.82) is 0 Å². The maximum atomic E-state index is 3.72. The van der Waals surface area contributed by atoms with E-state index in [4.69, 9.17) is 0 Å². The van der Waals surface area contributed by atoms with Gasteiger partial charge in [0.2, 0.25) is 0 Å². The van der Waals surface area contributed by atoms with Crippen molar-refractivity contribution in [3.63, 3.8) is 0 Å². The van der Waals surface area contributed by atoms with E-state index in [9.17, 15) is 0 Å². The lowest BCUT2D eigenvalue weighted by Crippen LogP contribution is -2.33. The van der Waals surface area contributed by atoms with Crippen molar-refractivity contribution in [2.24, 2.45) is 5.92 Å². The number of benzene rings is 1. The smallest absolute Gasteiger partial charge is 0.00792 e. The second-order valence-corrected chi connectivity index (χ2v) is 6.00. The Morgan fingerprint density at radius 3 is 2.44 bits per heavy atom. The van der Waals surface area contributed by atoms with Crippen LogP contribution in [0.5, 0.6) is 0 Å². The molecular weight excluding hydrogens is 218 g/mol. The fourth-order valence-electron chi connectivity index (χ4n) is 2.91. The van der Waals surface area contributed by atoms with Gasteiger partial charge >= 0.3 is 0 Å². The molecular formula is C17H27N. The van der Waals surface area contributed by atoms with Crippen LogP contribution in [0.1, 0.15) is 50.2 Å². The van der Waals surface area contributed by atoms with Gasteiger partial charge in [0.05, 0.1) is 0 Å². The molecule has 0 amide bonds. The van der Waals surface area contributed by atoms with E-state index in [-0.39, 0.29) is 0 Å². The average molecular weight is 245 g/mol. The molecule has 1 aromatic rings. The van der Waals surface area contributed by atoms with Crippen molar-refractivity contribution in [2.45, 2.75) is 58.4 Å². The SMILES string of the molecule is Cc1ccc(CC(C)NCC2CCCCC2)cc1. The molecule has 1 unspecified atom stereocenters. The van der Waals surface area contributed by atoms with Gasteiger partial charge in [-0.2, -0.15) is 0 Å². The van der Waals surface area contributed by atoms with Crippen molar-refractivity contribution in [3.8, 4) is 0 Å². The van der Waals surface area contributed by atoms with E-state index < -0.39 is 0 Å². The monoisotopic (exact) mass is 245 g/mol. The summed E-state index contributed by atoms with van der Waals surface area (Å²) in [7, 11) is 0. The summed E-state index contributed by atoms with van der Waals surface area (Å²) in [6, 6.07) is 9.53. The number of hydrogen-bond donors (Lipinski definition) is 1. The van der Waals surface area contributed by atoms with E-state index in [1.165, 1.54) is 49.8 Å². The van der Waals surface area contributed by atoms with E-state index in [1.54, 1.807) is 0 Å². The van der Waals surface area contributed by atoms with Crippen molar-refractivity contribution in [1.82, 2.24) is 5.32 Å². The zero-order valence-corrected chi connectivity index (χ0v) is 11.9. The molecule has 1 aromatic carbocycles. The lowest BCUT2D eigenvalue weighted by molar-refractivity contribution is 0.330. The molecule has 1 N–H and O–H groups in total. The normalized spacial score (nSPS) is 18.8. The summed E-state index contributed by atoms with van der Waals surface area (Å²) in [6.45, 7) is 5.67. The molecule has 0 saturated heterocycles. The van der Waals surface area contributed by atoms with E-state index >= 15 is 0 Å². The molecule has 0 radical (unpaired) electrons. The Balaban J connectivity index is 1.71. The van der Waals surface area contributed by atoms with E-state index in [1.807, 2.05) is 0 Å². The maximum absolute atomic E-state index is 3.72. The Morgan fingerprint density at radius 2 is 1.78 bits per heavy atom. The fraction of sp³-hybridized carbons (Fsp3) is 0.647. The van der Waals surface area contributed by atoms with Crippen LogP contribution in [0.2, 0.25) is 0 Å². The third kappa shape index (κ3) is 4.45. The summed E-state index contributed by atoms with van der Waals surface area (Å²) in [5.74, 6) is 0.930. The highest BCUT2D eigenvalue weighted by molar-refractivity contribution is 5.21. The second-order valence-electron chi connectivity index (χ2n) is 6.00. The molecule has 1 aliphatic carbocycles. The quantitative estimate of drug-likeness (QED) is 0.823. The predicted octanol–water partition coefficient (Wildman–Crippen LogP) is 4.10. The fourth-order valence-corrected chi connectivity index (χ4v) is 2.91. The summed E-state index contributed by atoms with van der Waals surface area (Å²) < 4.78 is 0. The van der Waals surface area contributed by atoms with Gasteiger partial charge in [0.1, 0.15) is 0 Å². The van der Waals surface area contributed by atoms with Crippen LogP contribution in [-0.4, -0.2) is 12.6 Å². The first kappa shape index (κ1) is 13.6. The van der Waals surface area contributed by atoms with Crippen LogP contribution >= 0.6 is 0 Å². The highest BCUT2D eigenvalue weighted by Gasteiger charge is 2.14. The number of aryl methyl sites for hydroxylation is 1. The number of rotatable bonds is 5. The molecule has 1 atom stereocenters. The molecule has 0 aliphatic heterocycles. The minimum absolute atomic E-state index is 0.592. The van der Waals surface area contributed by atoms with Crippen LogP contribution in [0.3, 0.4) is 0 Å². The van der Waals surface area contributed by atoms with Gasteiger partial charge in [-0.25, -0.2) is 0 Å². The first-order valence-electron chi connectivity index (χ1n) is 7.53. The van der Waals surface area contributed by atoms with Gasteiger partial charge in [-0.1, -0.05) is 49.1 Å². The number of nitrogens with one attached hydrogen (secondary N) is 1. The van der Waals surface area contributed by atoms with Crippen LogP contribution in [-0.2, 0) is 6.42 Å². The Morgan fingerprint density at radius 1 is 1.11 bits per heavy atom. The van der Waals surface area contributed by atoms with E-state index in [0.29, 0.717) is 6.04 Å². The third-order valence-corrected chi connectivity index (χ3v) is 4.14. The van der Waals surface area contributed by atoms with Gasteiger partial charge in [-0.15, -0.1) is 0 Å². The topological polar surface area (TPSA) is 12.0 Å². The summed E-state index contributed by atoms with van der Waals surface area (Å²) in [5.41, 5.74) is 2.80. The van der Waals surface area contributed by atoms with Gasteiger partial charge in [0, 0.05) is 6.04 Å². The average Bonchev–Trinajstić information content (AvgIpc) is 2.40. The highest BCUT2D eigenvalue weighted by atomic mass is 14.9. The molecule has 1 saturated carbocycles. The Bertz CT molecular complexity index is 335. The predicted molar refractivity (Wildman–Crippen MR) is 78.9 cm³/mol. The molecule has 1 nitrogen and oxygen atoms in total. The maximum Gasteiger partial charge on any atom is 0.00792 e. The van der Waals surface area contributed by atoms with Crippen molar-refractivity contribution >= 4 is 0 Å². The number of hydrogen-bond acceptors (Lipinski definition) is 1. The molecule has 1 heteroatoms. The molecule has 1 fully saturated rings. The lowest BCUT2D eigenvalue weighted by atomic mass is 9.89. The van der Waals surface area contributed by atoms with Gasteiger partial charge in [0.25, 0.3) is 0 Å². The highest BCUT2D eigenvalue weighted by Crippen LogP contribution is 2.22. The van der Waals surface area contributed by atoms with Crippen LogP contribution in [0.25, 0.3) is 0 Å². The Labute approximate surface area is 112 Å². The molecule has 0 heterocycles. The van der Waals surface area contributed by atoms with E-state index in [2.05, 4.69) is 43.4 Å².